The van der Waals surface area contributed by atoms with Gasteiger partial charge in [-0.15, -0.1) is 0 Å². The number of pyridine rings is 2. The molecule has 2 aromatic heterocycles. The van der Waals surface area contributed by atoms with Gasteiger partial charge in [-0.25, -0.2) is 14.4 Å². The van der Waals surface area contributed by atoms with Crippen LogP contribution in [0.5, 0.6) is 0 Å². The van der Waals surface area contributed by atoms with Crippen LogP contribution in [0.4, 0.5) is 4.39 Å². The lowest BCUT2D eigenvalue weighted by Gasteiger charge is -2.15. The highest BCUT2D eigenvalue weighted by Gasteiger charge is 2.25. The third kappa shape index (κ3) is 3.94. The summed E-state index contributed by atoms with van der Waals surface area (Å²) in [7, 11) is 0. The topological polar surface area (TPSA) is 95.0 Å². The third-order valence-corrected chi connectivity index (χ3v) is 4.74. The maximum atomic E-state index is 13.8. The van der Waals surface area contributed by atoms with Crippen molar-refractivity contribution >= 4 is 22.6 Å². The molecule has 0 fully saturated rings. The predicted octanol–water partition coefficient (Wildman–Crippen LogP) is 4.82. The van der Waals surface area contributed by atoms with E-state index in [1.54, 1.807) is 30.6 Å². The van der Waals surface area contributed by atoms with Gasteiger partial charge in [-0.05, 0) is 42.8 Å². The predicted molar refractivity (Wildman–Crippen MR) is 112 cm³/mol. The molecule has 30 heavy (non-hydrogen) atoms. The summed E-state index contributed by atoms with van der Waals surface area (Å²) in [6.07, 6.45) is 3.67. The first-order chi connectivity index (χ1) is 14.5. The summed E-state index contributed by atoms with van der Waals surface area (Å²) in [5, 5.41) is 17.7. The van der Waals surface area contributed by atoms with Gasteiger partial charge >= 0.3 is 0 Å². The molecule has 1 aliphatic heterocycles. The average molecular weight is 399 g/mol. The van der Waals surface area contributed by atoms with Crippen molar-refractivity contribution in [3.63, 3.8) is 0 Å². The molecule has 0 saturated heterocycles. The molecule has 4 rings (SSSR count). The molecule has 1 N–H and O–H groups in total. The average Bonchev–Trinajstić information content (AvgIpc) is 2.88. The number of ether oxygens (including phenoxy) is 1. The summed E-state index contributed by atoms with van der Waals surface area (Å²) in [5.74, 6) is -1.03. The van der Waals surface area contributed by atoms with E-state index in [-0.39, 0.29) is 24.0 Å². The number of nitriles is 1. The number of allylic oxidation sites excluding steroid dienone is 1. The van der Waals surface area contributed by atoms with Crippen LogP contribution in [-0.2, 0) is 11.3 Å². The second-order valence-electron chi connectivity index (χ2n) is 7.04. The summed E-state index contributed by atoms with van der Waals surface area (Å²) in [4.78, 5) is 13.3. The van der Waals surface area contributed by atoms with Crippen LogP contribution in [0.3, 0.4) is 0 Å². The minimum Gasteiger partial charge on any atom is -0.475 e. The van der Waals surface area contributed by atoms with Crippen molar-refractivity contribution in [3.8, 4) is 17.3 Å². The number of halogens is 1. The zero-order chi connectivity index (χ0) is 21.1. The van der Waals surface area contributed by atoms with Gasteiger partial charge < -0.3 is 10.1 Å². The Bertz CT molecular complexity index is 1240. The first-order valence-corrected chi connectivity index (χ1v) is 9.39. The third-order valence-electron chi connectivity index (χ3n) is 4.74. The molecule has 3 heterocycles. The van der Waals surface area contributed by atoms with E-state index in [2.05, 4.69) is 21.0 Å². The maximum absolute atomic E-state index is 13.8. The number of hydrogen-bond donors (Lipinski definition) is 1. The van der Waals surface area contributed by atoms with Crippen molar-refractivity contribution in [2.24, 2.45) is 10.9 Å². The van der Waals surface area contributed by atoms with E-state index in [1.165, 1.54) is 12.1 Å². The number of nitrogens with one attached hydrogen (secondary N) is 1. The van der Waals surface area contributed by atoms with Gasteiger partial charge in [0.15, 0.2) is 5.92 Å². The molecule has 1 unspecified atom stereocenters. The van der Waals surface area contributed by atoms with E-state index in [9.17, 15) is 9.65 Å². The fourth-order valence-electron chi connectivity index (χ4n) is 3.29. The summed E-state index contributed by atoms with van der Waals surface area (Å²) in [6.45, 7) is 1.92. The number of aromatic nitrogens is 2. The normalized spacial score (nSPS) is 16.4. The molecule has 7 heteroatoms. The molecule has 148 valence electrons. The second kappa shape index (κ2) is 8.21. The fourth-order valence-corrected chi connectivity index (χ4v) is 3.29. The van der Waals surface area contributed by atoms with Crippen LogP contribution in [0.1, 0.15) is 18.9 Å². The van der Waals surface area contributed by atoms with Crippen LogP contribution in [0.15, 0.2) is 65.4 Å². The van der Waals surface area contributed by atoms with Gasteiger partial charge in [0.05, 0.1) is 22.8 Å². The largest absolute Gasteiger partial charge is 0.475 e. The van der Waals surface area contributed by atoms with Crippen LogP contribution in [0.2, 0.25) is 0 Å². The highest BCUT2D eigenvalue weighted by Crippen LogP contribution is 2.27. The molecule has 1 aromatic carbocycles. The number of fused-ring (bicyclic) bond motifs is 1. The number of rotatable bonds is 3. The van der Waals surface area contributed by atoms with Crippen LogP contribution in [0, 0.1) is 28.5 Å². The fraction of sp³-hybridized carbons (Fsp3) is 0.174. The molecule has 0 spiro atoms. The number of benzene rings is 1. The Hall–Kier alpha value is -3.92. The Morgan fingerprint density at radius 3 is 2.90 bits per heavy atom. The van der Waals surface area contributed by atoms with Gasteiger partial charge in [0.1, 0.15) is 12.4 Å². The van der Waals surface area contributed by atoms with Gasteiger partial charge in [0, 0.05) is 35.7 Å². The Kier molecular flexibility index (Phi) is 5.31. The van der Waals surface area contributed by atoms with Crippen molar-refractivity contribution in [2.75, 3.05) is 0 Å². The molecule has 0 amide bonds. The van der Waals surface area contributed by atoms with Crippen molar-refractivity contribution in [1.29, 1.82) is 10.7 Å². The van der Waals surface area contributed by atoms with Gasteiger partial charge in [0.2, 0.25) is 5.90 Å². The minimum absolute atomic E-state index is 0.0581. The Balaban J connectivity index is 1.74. The van der Waals surface area contributed by atoms with Crippen LogP contribution in [0.25, 0.3) is 22.3 Å². The quantitative estimate of drug-likeness (QED) is 0.683. The summed E-state index contributed by atoms with van der Waals surface area (Å²) in [5.41, 5.74) is 4.36. The Labute approximate surface area is 172 Å². The van der Waals surface area contributed by atoms with Crippen molar-refractivity contribution in [2.45, 2.75) is 20.0 Å². The number of aliphatic imine (C=N–C) groups is 1. The molecular weight excluding hydrogens is 381 g/mol. The Morgan fingerprint density at radius 1 is 1.23 bits per heavy atom. The lowest BCUT2D eigenvalue weighted by molar-refractivity contribution is 0.282. The molecule has 6 nitrogen and oxygen atoms in total. The first-order valence-electron chi connectivity index (χ1n) is 9.39. The summed E-state index contributed by atoms with van der Waals surface area (Å²) < 4.78 is 19.7. The van der Waals surface area contributed by atoms with Crippen molar-refractivity contribution in [1.82, 2.24) is 9.97 Å². The van der Waals surface area contributed by atoms with Crippen molar-refractivity contribution in [3.05, 3.63) is 71.8 Å². The summed E-state index contributed by atoms with van der Waals surface area (Å²) in [6, 6.07) is 13.8. The summed E-state index contributed by atoms with van der Waals surface area (Å²) >= 11 is 0. The van der Waals surface area contributed by atoms with Gasteiger partial charge in [-0.1, -0.05) is 12.1 Å². The van der Waals surface area contributed by atoms with Gasteiger partial charge in [0.25, 0.3) is 0 Å². The number of hydrogen-bond acceptors (Lipinski definition) is 6. The van der Waals surface area contributed by atoms with Crippen LogP contribution >= 0.6 is 0 Å². The molecule has 0 bridgehead atoms. The maximum Gasteiger partial charge on any atom is 0.211 e. The molecule has 1 aliphatic rings. The van der Waals surface area contributed by atoms with E-state index >= 15 is 0 Å². The lowest BCUT2D eigenvalue weighted by Crippen LogP contribution is -2.23. The molecule has 3 aromatic rings. The van der Waals surface area contributed by atoms with Gasteiger partial charge in [-0.2, -0.15) is 5.26 Å². The van der Waals surface area contributed by atoms with E-state index in [1.807, 2.05) is 19.1 Å². The molecule has 0 saturated carbocycles. The first kappa shape index (κ1) is 19.4. The molecule has 0 radical (unpaired) electrons. The van der Waals surface area contributed by atoms with E-state index < -0.39 is 5.92 Å². The highest BCUT2D eigenvalue weighted by atomic mass is 19.1. The van der Waals surface area contributed by atoms with E-state index in [0.29, 0.717) is 34.3 Å². The monoisotopic (exact) mass is 399 g/mol. The molecule has 0 aliphatic carbocycles. The van der Waals surface area contributed by atoms with E-state index in [4.69, 9.17) is 10.1 Å². The van der Waals surface area contributed by atoms with Gasteiger partial charge in [-0.3, -0.25) is 4.98 Å². The zero-order valence-corrected chi connectivity index (χ0v) is 16.3. The minimum atomic E-state index is -0.845. The smallest absolute Gasteiger partial charge is 0.211 e. The highest BCUT2D eigenvalue weighted by molar-refractivity contribution is 6.07. The zero-order valence-electron chi connectivity index (χ0n) is 16.3. The molecular formula is C23H18FN5O. The van der Waals surface area contributed by atoms with E-state index in [0.717, 1.165) is 5.57 Å². The number of nitrogens with zero attached hydrogens (tertiary/aromatic N) is 4. The molecule has 1 atom stereocenters. The van der Waals surface area contributed by atoms with Crippen LogP contribution < -0.4 is 0 Å². The lowest BCUT2D eigenvalue weighted by atomic mass is 10.00. The second-order valence-corrected chi connectivity index (χ2v) is 7.04. The SMILES string of the molecule is CC1=CN=C(OCc2cc3ncccc3nc2-c2cccc(F)c2)C(C#N)C(=N)C1. The standard InChI is InChI=1S/C23H18FN5O/c1-14-8-19(26)18(11-25)23(28-12-14)30-13-16-10-21-20(6-3-7-27-21)29-22(16)15-4-2-5-17(24)9-15/h2-7,9-10,12,18,26H,8,13H2,1H3. The van der Waals surface area contributed by atoms with Crippen molar-refractivity contribution < 1.29 is 9.13 Å². The Morgan fingerprint density at radius 2 is 2.10 bits per heavy atom. The van der Waals surface area contributed by atoms with Crippen LogP contribution in [-0.4, -0.2) is 21.6 Å².